The zero-order valence-corrected chi connectivity index (χ0v) is 22.1. The molecule has 1 N–H and O–H groups in total. The highest BCUT2D eigenvalue weighted by Gasteiger charge is 2.16. The van der Waals surface area contributed by atoms with E-state index >= 15 is 0 Å². The number of aromatic amines is 1. The van der Waals surface area contributed by atoms with E-state index in [0.717, 1.165) is 70.0 Å². The average Bonchev–Trinajstić information content (AvgIpc) is 3.66. The summed E-state index contributed by atoms with van der Waals surface area (Å²) in [7, 11) is 2.03. The van der Waals surface area contributed by atoms with Crippen molar-refractivity contribution in [3.63, 3.8) is 0 Å². The lowest BCUT2D eigenvalue weighted by Crippen LogP contribution is -2.05. The van der Waals surface area contributed by atoms with Crippen molar-refractivity contribution in [1.29, 1.82) is 0 Å². The molecule has 0 amide bonds. The highest BCUT2D eigenvalue weighted by atomic mass is 15.5. The van der Waals surface area contributed by atoms with Crippen molar-refractivity contribution in [3.05, 3.63) is 89.6 Å². The Morgan fingerprint density at radius 1 is 0.895 bits per heavy atom. The predicted octanol–water partition coefficient (Wildman–Crippen LogP) is 5.90. The van der Waals surface area contributed by atoms with E-state index < -0.39 is 0 Å². The fraction of sp³-hybridized carbons (Fsp3) is 0.233. The van der Waals surface area contributed by atoms with Crippen LogP contribution in [-0.2, 0) is 20.0 Å². The van der Waals surface area contributed by atoms with Gasteiger partial charge in [0.25, 0.3) is 0 Å². The van der Waals surface area contributed by atoms with Gasteiger partial charge in [-0.2, -0.15) is 0 Å². The minimum Gasteiger partial charge on any atom is -0.338 e. The molecule has 0 aliphatic carbocycles. The Balaban J connectivity index is 1.38. The topological polar surface area (TPSA) is 90.1 Å². The van der Waals surface area contributed by atoms with Gasteiger partial charge in [0.15, 0.2) is 5.82 Å². The number of imidazole rings is 2. The maximum atomic E-state index is 5.08. The van der Waals surface area contributed by atoms with Crippen molar-refractivity contribution < 1.29 is 0 Å². The van der Waals surface area contributed by atoms with E-state index in [9.17, 15) is 0 Å². The van der Waals surface area contributed by atoms with Gasteiger partial charge in [-0.25, -0.2) is 15.1 Å². The number of hydrogen-bond acceptors (Lipinski definition) is 5. The van der Waals surface area contributed by atoms with Crippen LogP contribution in [0.1, 0.15) is 36.1 Å². The summed E-state index contributed by atoms with van der Waals surface area (Å²) in [5.74, 6) is 2.78. The molecule has 3 aromatic carbocycles. The number of benzene rings is 3. The first-order valence-corrected chi connectivity index (χ1v) is 12.9. The number of aromatic nitrogens is 8. The van der Waals surface area contributed by atoms with Gasteiger partial charge in [-0.15, -0.1) is 5.10 Å². The minimum atomic E-state index is 0.660. The Morgan fingerprint density at radius 3 is 2.37 bits per heavy atom. The lowest BCUT2D eigenvalue weighted by atomic mass is 9.98. The summed E-state index contributed by atoms with van der Waals surface area (Å²) in [6.45, 7) is 7.13. The molecular formula is C30H30N8. The Hall–Kier alpha value is -4.59. The zero-order valence-electron chi connectivity index (χ0n) is 22.1. The molecule has 3 heterocycles. The van der Waals surface area contributed by atoms with Gasteiger partial charge in [0.05, 0.1) is 16.7 Å². The van der Waals surface area contributed by atoms with Crippen LogP contribution in [0.15, 0.2) is 66.9 Å². The Bertz CT molecular complexity index is 1700. The molecular weight excluding hydrogens is 472 g/mol. The fourth-order valence-corrected chi connectivity index (χ4v) is 5.06. The number of hydrogen-bond donors (Lipinski definition) is 1. The van der Waals surface area contributed by atoms with Crippen molar-refractivity contribution in [3.8, 4) is 33.8 Å². The van der Waals surface area contributed by atoms with Gasteiger partial charge in [-0.05, 0) is 65.1 Å². The normalized spacial score (nSPS) is 11.5. The van der Waals surface area contributed by atoms with E-state index in [4.69, 9.17) is 9.97 Å². The predicted molar refractivity (Wildman–Crippen MR) is 150 cm³/mol. The second kappa shape index (κ2) is 9.70. The third-order valence-corrected chi connectivity index (χ3v) is 7.13. The molecule has 0 fully saturated rings. The molecule has 0 unspecified atom stereocenters. The molecule has 0 radical (unpaired) electrons. The largest absolute Gasteiger partial charge is 0.338 e. The molecule has 8 nitrogen and oxygen atoms in total. The van der Waals surface area contributed by atoms with Crippen LogP contribution in [0.2, 0.25) is 0 Å². The fourth-order valence-electron chi connectivity index (χ4n) is 5.06. The first-order chi connectivity index (χ1) is 18.5. The van der Waals surface area contributed by atoms with Crippen LogP contribution in [0, 0.1) is 13.8 Å². The van der Waals surface area contributed by atoms with Crippen LogP contribution in [0.4, 0.5) is 0 Å². The molecule has 38 heavy (non-hydrogen) atoms. The summed E-state index contributed by atoms with van der Waals surface area (Å²) < 4.78 is 4.43. The molecule has 0 aliphatic heterocycles. The molecule has 190 valence electrons. The monoisotopic (exact) mass is 502 g/mol. The van der Waals surface area contributed by atoms with E-state index in [-0.39, 0.29) is 0 Å². The molecule has 3 aromatic heterocycles. The van der Waals surface area contributed by atoms with Gasteiger partial charge < -0.3 is 9.13 Å². The second-order valence-corrected chi connectivity index (χ2v) is 9.80. The van der Waals surface area contributed by atoms with Crippen molar-refractivity contribution in [2.24, 2.45) is 7.05 Å². The summed E-state index contributed by atoms with van der Waals surface area (Å²) in [6.07, 6.45) is 4.07. The van der Waals surface area contributed by atoms with Gasteiger partial charge in [-0.1, -0.05) is 55.5 Å². The highest BCUT2D eigenvalue weighted by molar-refractivity contribution is 5.85. The number of H-pyrrole nitrogens is 1. The first kappa shape index (κ1) is 23.8. The number of tetrazole rings is 1. The minimum absolute atomic E-state index is 0.660. The van der Waals surface area contributed by atoms with E-state index in [1.807, 2.05) is 32.2 Å². The molecule has 0 aliphatic rings. The van der Waals surface area contributed by atoms with Crippen LogP contribution >= 0.6 is 0 Å². The van der Waals surface area contributed by atoms with E-state index in [1.54, 1.807) is 0 Å². The zero-order chi connectivity index (χ0) is 26.2. The maximum Gasteiger partial charge on any atom is 0.180 e. The first-order valence-electron chi connectivity index (χ1n) is 12.9. The Labute approximate surface area is 221 Å². The molecule has 0 saturated heterocycles. The van der Waals surface area contributed by atoms with Crippen molar-refractivity contribution in [2.75, 3.05) is 0 Å². The molecule has 0 atom stereocenters. The number of aryl methyl sites for hydroxylation is 4. The van der Waals surface area contributed by atoms with E-state index in [0.29, 0.717) is 5.82 Å². The average molecular weight is 503 g/mol. The van der Waals surface area contributed by atoms with Gasteiger partial charge in [0.2, 0.25) is 0 Å². The smallest absolute Gasteiger partial charge is 0.180 e. The van der Waals surface area contributed by atoms with Crippen molar-refractivity contribution in [1.82, 2.24) is 39.7 Å². The lowest BCUT2D eigenvalue weighted by molar-refractivity contribution is 0.722. The molecule has 6 aromatic rings. The maximum absolute atomic E-state index is 5.08. The van der Waals surface area contributed by atoms with E-state index in [1.165, 1.54) is 11.1 Å². The van der Waals surface area contributed by atoms with Crippen LogP contribution in [0.25, 0.3) is 44.8 Å². The molecule has 0 spiro atoms. The standard InChI is InChI=1S/C30H30N8/c1-5-8-28-32-29-19(2)15-23(26-18-37(4)20(3)31-26)16-27(29)38(28)17-21-11-13-22(14-12-21)24-9-6-7-10-25(24)30-33-35-36-34-30/h6-7,9-16,18H,5,8,17H2,1-4H3,(H,33,34,35,36). The number of nitrogens with one attached hydrogen (secondary N) is 1. The van der Waals surface area contributed by atoms with Gasteiger partial charge in [0.1, 0.15) is 11.6 Å². The summed E-state index contributed by atoms with van der Waals surface area (Å²) >= 11 is 0. The molecule has 0 saturated carbocycles. The Morgan fingerprint density at radius 2 is 1.68 bits per heavy atom. The third-order valence-electron chi connectivity index (χ3n) is 7.13. The van der Waals surface area contributed by atoms with Crippen LogP contribution in [0.3, 0.4) is 0 Å². The molecule has 0 bridgehead atoms. The summed E-state index contributed by atoms with van der Waals surface area (Å²) in [4.78, 5) is 9.84. The number of fused-ring (bicyclic) bond motifs is 1. The van der Waals surface area contributed by atoms with Crippen LogP contribution < -0.4 is 0 Å². The van der Waals surface area contributed by atoms with Crippen LogP contribution in [0.5, 0.6) is 0 Å². The summed E-state index contributed by atoms with van der Waals surface area (Å²) in [6, 6.07) is 21.3. The molecule has 6 rings (SSSR count). The number of nitrogens with zero attached hydrogens (tertiary/aromatic N) is 7. The summed E-state index contributed by atoms with van der Waals surface area (Å²) in [5, 5.41) is 14.5. The van der Waals surface area contributed by atoms with Gasteiger partial charge in [-0.3, -0.25) is 0 Å². The van der Waals surface area contributed by atoms with Crippen LogP contribution in [-0.4, -0.2) is 39.7 Å². The van der Waals surface area contributed by atoms with Crippen molar-refractivity contribution in [2.45, 2.75) is 40.2 Å². The van der Waals surface area contributed by atoms with E-state index in [2.05, 4.69) is 92.3 Å². The SMILES string of the molecule is CCCc1nc2c(C)cc(-c3cn(C)c(C)n3)cc2n1Cc1ccc(-c2ccccc2-c2nnn[nH]2)cc1. The Kier molecular flexibility index (Phi) is 6.07. The summed E-state index contributed by atoms with van der Waals surface area (Å²) in [5.41, 5.74) is 9.91. The van der Waals surface area contributed by atoms with Gasteiger partial charge >= 0.3 is 0 Å². The van der Waals surface area contributed by atoms with Crippen molar-refractivity contribution >= 4 is 11.0 Å². The lowest BCUT2D eigenvalue weighted by Gasteiger charge is -2.12. The second-order valence-electron chi connectivity index (χ2n) is 9.80. The van der Waals surface area contributed by atoms with Gasteiger partial charge in [0, 0.05) is 37.3 Å². The molecule has 8 heteroatoms. The highest BCUT2D eigenvalue weighted by Crippen LogP contribution is 2.31. The number of rotatable bonds is 7. The quantitative estimate of drug-likeness (QED) is 0.293. The third kappa shape index (κ3) is 4.28.